The van der Waals surface area contributed by atoms with Crippen LogP contribution in [-0.4, -0.2) is 116 Å². The van der Waals surface area contributed by atoms with E-state index in [9.17, 15) is 34.2 Å². The van der Waals surface area contributed by atoms with E-state index in [1.807, 2.05) is 65.0 Å². The fraction of sp³-hybridized carbons (Fsp3) is 0.667. The van der Waals surface area contributed by atoms with Crippen molar-refractivity contribution in [1.82, 2.24) is 31.9 Å². The van der Waals surface area contributed by atoms with E-state index in [1.165, 1.54) is 0 Å². The molecule has 0 saturated carbocycles. The first-order valence-electron chi connectivity index (χ1n) is 16.4. The maximum absolute atomic E-state index is 12.4. The van der Waals surface area contributed by atoms with E-state index < -0.39 is 42.0 Å². The van der Waals surface area contributed by atoms with Crippen LogP contribution in [0.15, 0.2) is 30.3 Å². The van der Waals surface area contributed by atoms with Gasteiger partial charge in [0.25, 0.3) is 0 Å². The molecule has 0 heterocycles. The van der Waals surface area contributed by atoms with E-state index in [4.69, 9.17) is 5.11 Å². The van der Waals surface area contributed by atoms with Crippen molar-refractivity contribution < 1.29 is 39.3 Å². The molecule has 0 spiro atoms. The van der Waals surface area contributed by atoms with Crippen LogP contribution >= 0.6 is 0 Å². The Balaban J connectivity index is -0.00000138. The lowest BCUT2D eigenvalue weighted by Crippen LogP contribution is -2.48. The number of aldehydes is 1. The predicted molar refractivity (Wildman–Crippen MR) is 184 cm³/mol. The number of rotatable bonds is 20. The Morgan fingerprint density at radius 1 is 0.851 bits per heavy atom. The minimum Gasteiger partial charge on any atom is -0.396 e. The summed E-state index contributed by atoms with van der Waals surface area (Å²) in [5.74, 6) is -1.68. The van der Waals surface area contributed by atoms with E-state index in [0.29, 0.717) is 32.2 Å². The Hall–Kier alpha value is -3.43. The molecule has 272 valence electrons. The summed E-state index contributed by atoms with van der Waals surface area (Å²) in [6.07, 6.45) is -0.845. The number of carbonyl (C=O) groups excluding carboxylic acids is 5. The van der Waals surface area contributed by atoms with E-state index in [-0.39, 0.29) is 44.4 Å². The summed E-state index contributed by atoms with van der Waals surface area (Å²) >= 11 is 0. The highest BCUT2D eigenvalue weighted by Crippen LogP contribution is 2.11. The minimum absolute atomic E-state index is 0.0234. The molecular weight excluding hydrogens is 608 g/mol. The zero-order chi connectivity index (χ0) is 36.6. The third kappa shape index (κ3) is 25.4. The Morgan fingerprint density at radius 2 is 1.47 bits per heavy atom. The number of likely N-dealkylation sites (N-methyl/N-ethyl adjacent to an activating group) is 3. The Kier molecular flexibility index (Phi) is 33.2. The van der Waals surface area contributed by atoms with E-state index in [2.05, 4.69) is 31.9 Å². The van der Waals surface area contributed by atoms with Crippen LogP contribution in [-0.2, 0) is 30.4 Å². The molecule has 0 radical (unpaired) electrons. The third-order valence-electron chi connectivity index (χ3n) is 6.34. The molecule has 5 atom stereocenters. The summed E-state index contributed by atoms with van der Waals surface area (Å²) in [7, 11) is 3.29. The van der Waals surface area contributed by atoms with Crippen LogP contribution in [0.25, 0.3) is 0 Å². The van der Waals surface area contributed by atoms with Gasteiger partial charge in [0, 0.05) is 26.1 Å². The molecule has 0 saturated heterocycles. The molecule has 14 heteroatoms. The highest BCUT2D eigenvalue weighted by molar-refractivity contribution is 5.88. The van der Waals surface area contributed by atoms with Crippen molar-refractivity contribution in [3.63, 3.8) is 0 Å². The molecular formula is C33H62N6O8. The lowest BCUT2D eigenvalue weighted by atomic mass is 9.97. The van der Waals surface area contributed by atoms with Gasteiger partial charge in [-0.15, -0.1) is 0 Å². The highest BCUT2D eigenvalue weighted by atomic mass is 16.3. The fourth-order valence-electron chi connectivity index (χ4n) is 3.83. The van der Waals surface area contributed by atoms with Crippen LogP contribution in [0.3, 0.4) is 0 Å². The fourth-order valence-corrected chi connectivity index (χ4v) is 3.83. The van der Waals surface area contributed by atoms with Gasteiger partial charge in [0.05, 0.1) is 37.4 Å². The molecule has 4 amide bonds. The van der Waals surface area contributed by atoms with E-state index >= 15 is 0 Å². The molecule has 0 aliphatic heterocycles. The average Bonchev–Trinajstić information content (AvgIpc) is 3.08. The number of benzene rings is 1. The zero-order valence-corrected chi connectivity index (χ0v) is 29.6. The molecule has 0 aliphatic rings. The van der Waals surface area contributed by atoms with Crippen molar-refractivity contribution in [2.45, 2.75) is 91.5 Å². The lowest BCUT2D eigenvalue weighted by Gasteiger charge is -2.23. The van der Waals surface area contributed by atoms with Crippen molar-refractivity contribution in [2.75, 3.05) is 46.9 Å². The summed E-state index contributed by atoms with van der Waals surface area (Å²) < 4.78 is 0. The van der Waals surface area contributed by atoms with Crippen molar-refractivity contribution >= 4 is 29.9 Å². The van der Waals surface area contributed by atoms with Crippen LogP contribution < -0.4 is 31.9 Å². The predicted octanol–water partition coefficient (Wildman–Crippen LogP) is -0.352. The molecule has 0 bridgehead atoms. The molecule has 0 fully saturated rings. The van der Waals surface area contributed by atoms with Gasteiger partial charge in [-0.25, -0.2) is 0 Å². The topological polar surface area (TPSA) is 218 Å². The quantitative estimate of drug-likeness (QED) is 0.0822. The first-order chi connectivity index (χ1) is 22.5. The second-order valence-corrected chi connectivity index (χ2v) is 9.93. The largest absolute Gasteiger partial charge is 0.396 e. The third-order valence-corrected chi connectivity index (χ3v) is 6.34. The van der Waals surface area contributed by atoms with Crippen molar-refractivity contribution in [1.29, 1.82) is 0 Å². The van der Waals surface area contributed by atoms with Gasteiger partial charge in [-0.2, -0.15) is 0 Å². The number of nitrogens with one attached hydrogen (secondary N) is 6. The van der Waals surface area contributed by atoms with Gasteiger partial charge in [0.1, 0.15) is 6.29 Å². The number of hydrogen-bond donors (Lipinski definition) is 9. The maximum atomic E-state index is 12.4. The van der Waals surface area contributed by atoms with Gasteiger partial charge < -0.3 is 52.0 Å². The molecule has 1 rings (SSSR count). The average molecular weight is 671 g/mol. The molecule has 9 N–H and O–H groups in total. The smallest absolute Gasteiger partial charge is 0.239 e. The standard InChI is InChI=1S/C24H38N4O7.C5H12N2O.2C2H6/c1-16(10-11-29)23(34)20(31)13-26-21(32)9-8-19(25-2)24(35)27-14-22(33)28-18(15-30)12-17-6-4-3-5-7-17;1-3-7-5(8)4-6-2;2*1-2/h3-7,15-16,18-20,23,25,29,31,34H,8-14H2,1-2H3,(H,26,32)(H,27,35)(H,28,33);6H,3-4H2,1-2H3,(H,7,8);2*1-2H3. The SMILES string of the molecule is CC.CC.CCNC(=O)CNC.CNC(CCC(=O)NCC(O)C(O)C(C)CCO)C(=O)NCC(=O)NC(C=O)Cc1ccccc1. The molecule has 14 nitrogen and oxygen atoms in total. The monoisotopic (exact) mass is 670 g/mol. The summed E-state index contributed by atoms with van der Waals surface area (Å²) in [5.41, 5.74) is 0.893. The van der Waals surface area contributed by atoms with Gasteiger partial charge >= 0.3 is 0 Å². The maximum Gasteiger partial charge on any atom is 0.239 e. The van der Waals surface area contributed by atoms with Crippen LogP contribution in [0, 0.1) is 5.92 Å². The van der Waals surface area contributed by atoms with Gasteiger partial charge in [-0.1, -0.05) is 65.0 Å². The number of hydrogen-bond acceptors (Lipinski definition) is 10. The first kappa shape index (κ1) is 48.0. The summed E-state index contributed by atoms with van der Waals surface area (Å²) in [5, 5.41) is 44.6. The second kappa shape index (κ2) is 32.5. The molecule has 5 unspecified atom stereocenters. The zero-order valence-electron chi connectivity index (χ0n) is 29.6. The summed E-state index contributed by atoms with van der Waals surface area (Å²) in [6, 6.07) is 7.76. The Morgan fingerprint density at radius 3 is 1.98 bits per heavy atom. The summed E-state index contributed by atoms with van der Waals surface area (Å²) in [6.45, 7) is 12.1. The van der Waals surface area contributed by atoms with Gasteiger partial charge in [0.2, 0.25) is 23.6 Å². The molecule has 1 aromatic carbocycles. The summed E-state index contributed by atoms with van der Waals surface area (Å²) in [4.78, 5) is 58.4. The molecule has 1 aromatic rings. The molecule has 47 heavy (non-hydrogen) atoms. The van der Waals surface area contributed by atoms with Crippen molar-refractivity contribution in [3.8, 4) is 0 Å². The van der Waals surface area contributed by atoms with Gasteiger partial charge in [-0.3, -0.25) is 19.2 Å². The van der Waals surface area contributed by atoms with Gasteiger partial charge in [0.15, 0.2) is 0 Å². The second-order valence-electron chi connectivity index (χ2n) is 9.93. The van der Waals surface area contributed by atoms with Crippen molar-refractivity contribution in [2.24, 2.45) is 5.92 Å². The van der Waals surface area contributed by atoms with Crippen molar-refractivity contribution in [3.05, 3.63) is 35.9 Å². The van der Waals surface area contributed by atoms with Crippen LogP contribution in [0.5, 0.6) is 0 Å². The normalized spacial score (nSPS) is 13.1. The van der Waals surface area contributed by atoms with Crippen LogP contribution in [0.1, 0.15) is 66.4 Å². The van der Waals surface area contributed by atoms with E-state index in [0.717, 1.165) is 5.56 Å². The van der Waals surface area contributed by atoms with Gasteiger partial charge in [-0.05, 0) is 51.8 Å². The lowest BCUT2D eigenvalue weighted by molar-refractivity contribution is -0.128. The molecule has 0 aliphatic carbocycles. The first-order valence-corrected chi connectivity index (χ1v) is 16.4. The Labute approximate surface area is 281 Å². The minimum atomic E-state index is -1.18. The number of aliphatic hydroxyl groups excluding tert-OH is 3. The van der Waals surface area contributed by atoms with Crippen LogP contribution in [0.2, 0.25) is 0 Å². The highest BCUT2D eigenvalue weighted by Gasteiger charge is 2.24. The number of carbonyl (C=O) groups is 5. The van der Waals surface area contributed by atoms with Crippen LogP contribution in [0.4, 0.5) is 0 Å². The van der Waals surface area contributed by atoms with E-state index in [1.54, 1.807) is 21.0 Å². The number of amides is 4. The number of aliphatic hydroxyl groups is 3. The molecule has 0 aromatic heterocycles. The Bertz CT molecular complexity index is 946.